The molecule has 22 heavy (non-hydrogen) atoms. The van der Waals surface area contributed by atoms with E-state index in [0.717, 1.165) is 33.3 Å². The van der Waals surface area contributed by atoms with E-state index in [-0.39, 0.29) is 12.5 Å². The molecule has 3 aromatic rings. The Hall–Kier alpha value is -2.17. The van der Waals surface area contributed by atoms with Crippen LogP contribution in [0.2, 0.25) is 0 Å². The first-order chi connectivity index (χ1) is 10.6. The van der Waals surface area contributed by atoms with Crippen LogP contribution in [0.15, 0.2) is 36.4 Å². The number of ether oxygens (including phenoxy) is 1. The second kappa shape index (κ2) is 5.91. The average Bonchev–Trinajstić information content (AvgIpc) is 2.82. The summed E-state index contributed by atoms with van der Waals surface area (Å²) < 4.78 is 19.3. The molecular weight excluding hydrogens is 279 g/mol. The van der Waals surface area contributed by atoms with Crippen molar-refractivity contribution in [1.82, 2.24) is 4.98 Å². The number of H-pyrrole nitrogens is 1. The van der Waals surface area contributed by atoms with Gasteiger partial charge in [0.1, 0.15) is 5.82 Å². The fraction of sp³-hybridized carbons (Fsp3) is 0.222. The summed E-state index contributed by atoms with van der Waals surface area (Å²) in [4.78, 5) is 3.36. The van der Waals surface area contributed by atoms with Crippen LogP contribution < -0.4 is 5.73 Å². The van der Waals surface area contributed by atoms with E-state index >= 15 is 0 Å². The first kappa shape index (κ1) is 14.8. The number of rotatable bonds is 4. The van der Waals surface area contributed by atoms with E-state index < -0.39 is 0 Å². The minimum Gasteiger partial charge on any atom is -0.360 e. The van der Waals surface area contributed by atoms with Crippen molar-refractivity contribution >= 4 is 10.9 Å². The second-order valence-electron chi connectivity index (χ2n) is 5.49. The van der Waals surface area contributed by atoms with Gasteiger partial charge in [0.25, 0.3) is 0 Å². The lowest BCUT2D eigenvalue weighted by Crippen LogP contribution is -2.04. The highest BCUT2D eigenvalue weighted by Gasteiger charge is 2.14. The van der Waals surface area contributed by atoms with Gasteiger partial charge in [-0.25, -0.2) is 4.39 Å². The first-order valence-corrected chi connectivity index (χ1v) is 7.25. The van der Waals surface area contributed by atoms with Crippen molar-refractivity contribution in [3.8, 4) is 11.1 Å². The molecule has 3 nitrogen and oxygen atoms in total. The SMILES string of the molecule is Cc1ccc(-c2cc(F)cc3c(C)c(COCN)[nH]c23)cc1. The lowest BCUT2D eigenvalue weighted by Gasteiger charge is -2.05. The third kappa shape index (κ3) is 2.63. The molecule has 3 N–H and O–H groups in total. The molecule has 4 heteroatoms. The maximum Gasteiger partial charge on any atom is 0.124 e. The number of fused-ring (bicyclic) bond motifs is 1. The van der Waals surface area contributed by atoms with Crippen LogP contribution in [0, 0.1) is 19.7 Å². The molecule has 0 saturated heterocycles. The molecule has 0 fully saturated rings. The molecule has 3 rings (SSSR count). The van der Waals surface area contributed by atoms with Gasteiger partial charge in [-0.05, 0) is 37.1 Å². The van der Waals surface area contributed by atoms with E-state index in [9.17, 15) is 4.39 Å². The largest absolute Gasteiger partial charge is 0.360 e. The normalized spacial score (nSPS) is 11.3. The van der Waals surface area contributed by atoms with Crippen LogP contribution in [0.1, 0.15) is 16.8 Å². The molecule has 0 atom stereocenters. The zero-order valence-corrected chi connectivity index (χ0v) is 12.7. The van der Waals surface area contributed by atoms with E-state index in [1.54, 1.807) is 12.1 Å². The van der Waals surface area contributed by atoms with E-state index in [0.29, 0.717) is 6.61 Å². The van der Waals surface area contributed by atoms with Crippen molar-refractivity contribution < 1.29 is 9.13 Å². The number of aromatic nitrogens is 1. The molecule has 0 aliphatic rings. The number of hydrogen-bond acceptors (Lipinski definition) is 2. The topological polar surface area (TPSA) is 51.0 Å². The summed E-state index contributed by atoms with van der Waals surface area (Å²) >= 11 is 0. The monoisotopic (exact) mass is 298 g/mol. The van der Waals surface area contributed by atoms with Gasteiger partial charge in [0, 0.05) is 16.6 Å². The van der Waals surface area contributed by atoms with Crippen LogP contribution in [0.5, 0.6) is 0 Å². The summed E-state index contributed by atoms with van der Waals surface area (Å²) in [5, 5.41) is 0.881. The lowest BCUT2D eigenvalue weighted by molar-refractivity contribution is 0.125. The third-order valence-electron chi connectivity index (χ3n) is 3.96. The molecule has 0 unspecified atom stereocenters. The van der Waals surface area contributed by atoms with Crippen LogP contribution in [0.25, 0.3) is 22.0 Å². The Kier molecular flexibility index (Phi) is 3.96. The van der Waals surface area contributed by atoms with Gasteiger partial charge >= 0.3 is 0 Å². The van der Waals surface area contributed by atoms with E-state index in [2.05, 4.69) is 4.98 Å². The Morgan fingerprint density at radius 2 is 1.86 bits per heavy atom. The number of halogens is 1. The molecule has 0 spiro atoms. The lowest BCUT2D eigenvalue weighted by atomic mass is 10.0. The molecule has 0 bridgehead atoms. The van der Waals surface area contributed by atoms with Gasteiger partial charge in [-0.3, -0.25) is 0 Å². The maximum absolute atomic E-state index is 14.0. The van der Waals surface area contributed by atoms with E-state index in [1.165, 1.54) is 5.56 Å². The number of hydrogen-bond donors (Lipinski definition) is 2. The molecule has 0 radical (unpaired) electrons. The van der Waals surface area contributed by atoms with Crippen LogP contribution in [-0.2, 0) is 11.3 Å². The van der Waals surface area contributed by atoms with Gasteiger partial charge in [-0.15, -0.1) is 0 Å². The van der Waals surface area contributed by atoms with Crippen LogP contribution in [0.3, 0.4) is 0 Å². The van der Waals surface area contributed by atoms with E-state index in [1.807, 2.05) is 38.1 Å². The number of aromatic amines is 1. The van der Waals surface area contributed by atoms with Gasteiger partial charge in [0.2, 0.25) is 0 Å². The zero-order chi connectivity index (χ0) is 15.7. The van der Waals surface area contributed by atoms with Crippen LogP contribution >= 0.6 is 0 Å². The van der Waals surface area contributed by atoms with Crippen LogP contribution in [-0.4, -0.2) is 11.7 Å². The molecule has 0 aliphatic carbocycles. The van der Waals surface area contributed by atoms with Gasteiger partial charge in [-0.2, -0.15) is 0 Å². The third-order valence-corrected chi connectivity index (χ3v) is 3.96. The van der Waals surface area contributed by atoms with Gasteiger partial charge in [0.15, 0.2) is 0 Å². The summed E-state index contributed by atoms with van der Waals surface area (Å²) in [6.07, 6.45) is 0. The fourth-order valence-electron chi connectivity index (χ4n) is 2.71. The highest BCUT2D eigenvalue weighted by atomic mass is 19.1. The Morgan fingerprint density at radius 1 is 1.14 bits per heavy atom. The second-order valence-corrected chi connectivity index (χ2v) is 5.49. The zero-order valence-electron chi connectivity index (χ0n) is 12.7. The highest BCUT2D eigenvalue weighted by molar-refractivity contribution is 5.96. The fourth-order valence-corrected chi connectivity index (χ4v) is 2.71. The number of nitrogens with one attached hydrogen (secondary N) is 1. The first-order valence-electron chi connectivity index (χ1n) is 7.25. The Balaban J connectivity index is 2.19. The van der Waals surface area contributed by atoms with Crippen molar-refractivity contribution in [3.05, 3.63) is 59.0 Å². The van der Waals surface area contributed by atoms with Crippen molar-refractivity contribution in [2.24, 2.45) is 5.73 Å². The molecule has 1 heterocycles. The number of aryl methyl sites for hydroxylation is 2. The van der Waals surface area contributed by atoms with Crippen molar-refractivity contribution in [1.29, 1.82) is 0 Å². The van der Waals surface area contributed by atoms with Crippen molar-refractivity contribution in [2.45, 2.75) is 20.5 Å². The summed E-state index contributed by atoms with van der Waals surface area (Å²) in [6.45, 7) is 4.55. The molecule has 1 aromatic heterocycles. The Labute approximate surface area is 128 Å². The van der Waals surface area contributed by atoms with Gasteiger partial charge < -0.3 is 15.5 Å². The molecule has 0 aliphatic heterocycles. The molecule has 0 saturated carbocycles. The predicted octanol–water partition coefficient (Wildman–Crippen LogP) is 4.02. The van der Waals surface area contributed by atoms with Gasteiger partial charge in [-0.1, -0.05) is 29.8 Å². The average molecular weight is 298 g/mol. The quantitative estimate of drug-likeness (QED) is 0.715. The maximum atomic E-state index is 14.0. The molecular formula is C18H19FN2O. The summed E-state index contributed by atoms with van der Waals surface area (Å²) in [7, 11) is 0. The molecule has 2 aromatic carbocycles. The number of nitrogens with two attached hydrogens (primary N) is 1. The van der Waals surface area contributed by atoms with Crippen molar-refractivity contribution in [3.63, 3.8) is 0 Å². The minimum atomic E-state index is -0.239. The van der Waals surface area contributed by atoms with Crippen LogP contribution in [0.4, 0.5) is 4.39 Å². The van der Waals surface area contributed by atoms with Gasteiger partial charge in [0.05, 0.1) is 18.9 Å². The van der Waals surface area contributed by atoms with E-state index in [4.69, 9.17) is 10.5 Å². The standard InChI is InChI=1S/C18H19FN2O/c1-11-3-5-13(6-4-11)16-8-14(19)7-15-12(2)17(9-22-10-20)21-18(15)16/h3-8,21H,9-10,20H2,1-2H3. The van der Waals surface area contributed by atoms with Crippen molar-refractivity contribution in [2.75, 3.05) is 6.73 Å². The summed E-state index contributed by atoms with van der Waals surface area (Å²) in [5.74, 6) is -0.239. The summed E-state index contributed by atoms with van der Waals surface area (Å²) in [5.41, 5.74) is 11.3. The predicted molar refractivity (Wildman–Crippen MR) is 87.0 cm³/mol. The molecule has 114 valence electrons. The number of benzene rings is 2. The Morgan fingerprint density at radius 3 is 2.55 bits per heavy atom. The smallest absolute Gasteiger partial charge is 0.124 e. The highest BCUT2D eigenvalue weighted by Crippen LogP contribution is 2.33. The Bertz CT molecular complexity index is 806. The summed E-state index contributed by atoms with van der Waals surface area (Å²) in [6, 6.07) is 11.2. The molecule has 0 amide bonds. The minimum absolute atomic E-state index is 0.161.